The van der Waals surface area contributed by atoms with Gasteiger partial charge in [-0.1, -0.05) is 19.1 Å². The topological polar surface area (TPSA) is 63.7 Å². The van der Waals surface area contributed by atoms with Crippen LogP contribution in [0, 0.1) is 5.82 Å². The Morgan fingerprint density at radius 3 is 2.74 bits per heavy atom. The molecular weight excluding hydrogens is 321 g/mol. The molecule has 0 saturated carbocycles. The van der Waals surface area contributed by atoms with Crippen molar-refractivity contribution in [2.45, 2.75) is 32.2 Å². The number of carbonyl (C=O) groups excluding carboxylic acids is 1. The molecule has 5 nitrogen and oxygen atoms in total. The predicted octanol–water partition coefficient (Wildman–Crippen LogP) is 2.02. The van der Waals surface area contributed by atoms with Gasteiger partial charge in [0, 0.05) is 12.6 Å². The van der Waals surface area contributed by atoms with Crippen molar-refractivity contribution >= 4 is 15.7 Å². The normalized spacial score (nSPS) is 19.5. The van der Waals surface area contributed by atoms with Crippen LogP contribution in [-0.4, -0.2) is 49.9 Å². The summed E-state index contributed by atoms with van der Waals surface area (Å²) in [6.45, 7) is 2.54. The van der Waals surface area contributed by atoms with E-state index in [1.54, 1.807) is 17.0 Å². The average Bonchev–Trinajstić information content (AvgIpc) is 2.86. The molecule has 1 aliphatic heterocycles. The molecule has 23 heavy (non-hydrogen) atoms. The maximum atomic E-state index is 13.4. The van der Waals surface area contributed by atoms with Crippen LogP contribution in [0.1, 0.15) is 26.2 Å². The summed E-state index contributed by atoms with van der Waals surface area (Å²) in [5.41, 5.74) is 0. The van der Waals surface area contributed by atoms with Gasteiger partial charge in [-0.15, -0.1) is 0 Å². The number of amides is 1. The molecule has 1 aromatic carbocycles. The van der Waals surface area contributed by atoms with E-state index in [1.165, 1.54) is 12.1 Å². The van der Waals surface area contributed by atoms with Crippen molar-refractivity contribution in [3.8, 4) is 5.75 Å². The van der Waals surface area contributed by atoms with Gasteiger partial charge < -0.3 is 9.64 Å². The monoisotopic (exact) mass is 343 g/mol. The molecule has 1 heterocycles. The molecule has 7 heteroatoms. The number of sulfone groups is 1. The van der Waals surface area contributed by atoms with Gasteiger partial charge in [0.2, 0.25) is 5.91 Å². The number of carbonyl (C=O) groups is 1. The highest BCUT2D eigenvalue weighted by Crippen LogP contribution is 2.20. The minimum absolute atomic E-state index is 0.0346. The largest absolute Gasteiger partial charge is 0.490 e. The van der Waals surface area contributed by atoms with E-state index in [2.05, 4.69) is 0 Å². The first-order valence-corrected chi connectivity index (χ1v) is 9.62. The van der Waals surface area contributed by atoms with Crippen molar-refractivity contribution in [3.05, 3.63) is 30.1 Å². The van der Waals surface area contributed by atoms with Gasteiger partial charge in [0.05, 0.1) is 24.5 Å². The third kappa shape index (κ3) is 4.92. The molecule has 1 fully saturated rings. The van der Waals surface area contributed by atoms with E-state index in [-0.39, 0.29) is 42.2 Å². The molecule has 1 aliphatic rings. The summed E-state index contributed by atoms with van der Waals surface area (Å²) in [5, 5.41) is 0. The average molecular weight is 343 g/mol. The zero-order valence-electron chi connectivity index (χ0n) is 13.2. The number of ether oxygens (including phenoxy) is 1. The second kappa shape index (κ2) is 7.77. The second-order valence-electron chi connectivity index (χ2n) is 5.67. The van der Waals surface area contributed by atoms with Crippen LogP contribution in [0.4, 0.5) is 4.39 Å². The van der Waals surface area contributed by atoms with Crippen LogP contribution in [0.5, 0.6) is 5.75 Å². The van der Waals surface area contributed by atoms with Gasteiger partial charge in [-0.3, -0.25) is 4.79 Å². The summed E-state index contributed by atoms with van der Waals surface area (Å²) in [5.74, 6) is -0.326. The van der Waals surface area contributed by atoms with Crippen molar-refractivity contribution in [1.29, 1.82) is 0 Å². The first-order valence-electron chi connectivity index (χ1n) is 7.80. The fourth-order valence-electron chi connectivity index (χ4n) is 2.73. The number of rotatable bonds is 7. The van der Waals surface area contributed by atoms with Gasteiger partial charge in [-0.25, -0.2) is 12.8 Å². The zero-order valence-corrected chi connectivity index (χ0v) is 14.0. The molecule has 0 N–H and O–H groups in total. The van der Waals surface area contributed by atoms with Gasteiger partial charge in [-0.2, -0.15) is 0 Å². The number of hydrogen-bond acceptors (Lipinski definition) is 4. The molecule has 0 aliphatic carbocycles. The Kier molecular flexibility index (Phi) is 5.98. The predicted molar refractivity (Wildman–Crippen MR) is 85.6 cm³/mol. The fraction of sp³-hybridized carbons (Fsp3) is 0.562. The second-order valence-corrected chi connectivity index (χ2v) is 7.90. The lowest BCUT2D eigenvalue weighted by Crippen LogP contribution is -2.42. The molecular formula is C16H22FNO4S. The van der Waals surface area contributed by atoms with E-state index in [0.717, 1.165) is 6.42 Å². The molecule has 1 atom stereocenters. The SMILES string of the molecule is CCCN(C(=O)CCOc1ccccc1F)C1CCS(=O)(=O)C1. The Morgan fingerprint density at radius 1 is 1.39 bits per heavy atom. The van der Waals surface area contributed by atoms with Gasteiger partial charge in [0.1, 0.15) is 0 Å². The summed E-state index contributed by atoms with van der Waals surface area (Å²) in [6.07, 6.45) is 1.35. The van der Waals surface area contributed by atoms with Crippen molar-refractivity contribution in [3.63, 3.8) is 0 Å². The first-order chi connectivity index (χ1) is 10.9. The minimum atomic E-state index is -3.04. The van der Waals surface area contributed by atoms with Gasteiger partial charge in [-0.05, 0) is 25.0 Å². The highest BCUT2D eigenvalue weighted by atomic mass is 32.2. The van der Waals surface area contributed by atoms with Crippen molar-refractivity contribution in [1.82, 2.24) is 4.90 Å². The van der Waals surface area contributed by atoms with E-state index in [0.29, 0.717) is 13.0 Å². The van der Waals surface area contributed by atoms with Crippen LogP contribution >= 0.6 is 0 Å². The van der Waals surface area contributed by atoms with E-state index < -0.39 is 15.7 Å². The Hall–Kier alpha value is -1.63. The van der Waals surface area contributed by atoms with Gasteiger partial charge in [0.25, 0.3) is 0 Å². The highest BCUT2D eigenvalue weighted by Gasteiger charge is 2.34. The third-order valence-corrected chi connectivity index (χ3v) is 5.59. The number of hydrogen-bond donors (Lipinski definition) is 0. The van der Waals surface area contributed by atoms with Gasteiger partial charge in [0.15, 0.2) is 21.4 Å². The Bertz CT molecular complexity index is 647. The molecule has 1 unspecified atom stereocenters. The minimum Gasteiger partial charge on any atom is -0.490 e. The molecule has 0 spiro atoms. The number of para-hydroxylation sites is 1. The number of benzene rings is 1. The smallest absolute Gasteiger partial charge is 0.226 e. The third-order valence-electron chi connectivity index (χ3n) is 3.84. The quantitative estimate of drug-likeness (QED) is 0.760. The Morgan fingerprint density at radius 2 is 2.13 bits per heavy atom. The molecule has 0 radical (unpaired) electrons. The van der Waals surface area contributed by atoms with Crippen LogP contribution in [0.15, 0.2) is 24.3 Å². The fourth-order valence-corrected chi connectivity index (χ4v) is 4.46. The lowest BCUT2D eigenvalue weighted by atomic mass is 10.2. The summed E-state index contributed by atoms with van der Waals surface area (Å²) in [7, 11) is -3.04. The summed E-state index contributed by atoms with van der Waals surface area (Å²) < 4.78 is 41.9. The summed E-state index contributed by atoms with van der Waals surface area (Å²) in [4.78, 5) is 14.0. The number of halogens is 1. The van der Waals surface area contributed by atoms with Crippen LogP contribution in [0.3, 0.4) is 0 Å². The molecule has 1 saturated heterocycles. The maximum Gasteiger partial charge on any atom is 0.226 e. The standard InChI is InChI=1S/C16H22FNO4S/c1-2-9-18(13-8-11-23(20,21)12-13)16(19)7-10-22-15-6-4-3-5-14(15)17/h3-6,13H,2,7-12H2,1H3. The summed E-state index contributed by atoms with van der Waals surface area (Å²) in [6, 6.07) is 5.78. The lowest BCUT2D eigenvalue weighted by Gasteiger charge is -2.28. The van der Waals surface area contributed by atoms with Crippen LogP contribution < -0.4 is 4.74 Å². The molecule has 0 aromatic heterocycles. The summed E-state index contributed by atoms with van der Waals surface area (Å²) >= 11 is 0. The first kappa shape index (κ1) is 17.7. The zero-order chi connectivity index (χ0) is 16.9. The molecule has 2 rings (SSSR count). The molecule has 1 aromatic rings. The van der Waals surface area contributed by atoms with Crippen molar-refractivity contribution in [2.75, 3.05) is 24.7 Å². The van der Waals surface area contributed by atoms with Crippen molar-refractivity contribution < 1.29 is 22.3 Å². The van der Waals surface area contributed by atoms with E-state index in [9.17, 15) is 17.6 Å². The molecule has 1 amide bonds. The van der Waals surface area contributed by atoms with Crippen molar-refractivity contribution in [2.24, 2.45) is 0 Å². The lowest BCUT2D eigenvalue weighted by molar-refractivity contribution is -0.133. The number of nitrogens with zero attached hydrogens (tertiary/aromatic N) is 1. The highest BCUT2D eigenvalue weighted by molar-refractivity contribution is 7.91. The van der Waals surface area contributed by atoms with E-state index in [1.807, 2.05) is 6.92 Å². The maximum absolute atomic E-state index is 13.4. The van der Waals surface area contributed by atoms with Gasteiger partial charge >= 0.3 is 0 Å². The molecule has 128 valence electrons. The van der Waals surface area contributed by atoms with Crippen LogP contribution in [-0.2, 0) is 14.6 Å². The van der Waals surface area contributed by atoms with Crippen LogP contribution in [0.2, 0.25) is 0 Å². The van der Waals surface area contributed by atoms with E-state index >= 15 is 0 Å². The Labute approximate surface area is 136 Å². The van der Waals surface area contributed by atoms with E-state index in [4.69, 9.17) is 4.74 Å². The van der Waals surface area contributed by atoms with Crippen LogP contribution in [0.25, 0.3) is 0 Å². The Balaban J connectivity index is 1.90. The molecule has 0 bridgehead atoms.